The number of pyridine rings is 1. The van der Waals surface area contributed by atoms with Gasteiger partial charge < -0.3 is 4.74 Å². The molecule has 5 rings (SSSR count). The number of benzene rings is 3. The zero-order chi connectivity index (χ0) is 22.8. The fourth-order valence-corrected chi connectivity index (χ4v) is 3.85. The number of anilines is 1. The van der Waals surface area contributed by atoms with Gasteiger partial charge in [0.2, 0.25) is 5.95 Å². The molecular formula is C25H17Cl2N5O. The zero-order valence-corrected chi connectivity index (χ0v) is 19.0. The van der Waals surface area contributed by atoms with E-state index in [1.807, 2.05) is 66.7 Å². The third-order valence-corrected chi connectivity index (χ3v) is 5.62. The van der Waals surface area contributed by atoms with Crippen molar-refractivity contribution in [3.8, 4) is 17.0 Å². The Bertz CT molecular complexity index is 1510. The summed E-state index contributed by atoms with van der Waals surface area (Å²) >= 11 is 12.6. The van der Waals surface area contributed by atoms with Crippen LogP contribution in [0.4, 0.5) is 5.95 Å². The van der Waals surface area contributed by atoms with E-state index in [0.29, 0.717) is 21.7 Å². The minimum Gasteiger partial charge on any atom is -0.497 e. The lowest BCUT2D eigenvalue weighted by atomic mass is 10.1. The van der Waals surface area contributed by atoms with Crippen LogP contribution in [0.15, 0.2) is 77.9 Å². The minimum absolute atomic E-state index is 0.334. The van der Waals surface area contributed by atoms with E-state index in [1.165, 1.54) is 0 Å². The number of halogens is 2. The monoisotopic (exact) mass is 473 g/mol. The van der Waals surface area contributed by atoms with Crippen molar-refractivity contribution in [3.63, 3.8) is 0 Å². The van der Waals surface area contributed by atoms with E-state index >= 15 is 0 Å². The van der Waals surface area contributed by atoms with Gasteiger partial charge in [0.05, 0.1) is 30.1 Å². The van der Waals surface area contributed by atoms with Crippen molar-refractivity contribution < 1.29 is 4.74 Å². The molecule has 2 heterocycles. The highest BCUT2D eigenvalue weighted by Gasteiger charge is 2.10. The maximum Gasteiger partial charge on any atom is 0.244 e. The molecule has 0 unspecified atom stereocenters. The van der Waals surface area contributed by atoms with Crippen LogP contribution in [-0.4, -0.2) is 28.3 Å². The SMILES string of the molecule is COc1ccc2cc(/C=N\Nc3nc(-c4ccccc4)c4cc(Cl)ccc4n3)c(Cl)nc2c1. The van der Waals surface area contributed by atoms with E-state index in [0.717, 1.165) is 38.8 Å². The van der Waals surface area contributed by atoms with Crippen molar-refractivity contribution in [3.05, 3.63) is 88.5 Å². The molecule has 0 saturated carbocycles. The van der Waals surface area contributed by atoms with E-state index in [1.54, 1.807) is 19.4 Å². The average molecular weight is 474 g/mol. The maximum atomic E-state index is 6.36. The Morgan fingerprint density at radius 1 is 0.879 bits per heavy atom. The van der Waals surface area contributed by atoms with E-state index < -0.39 is 0 Å². The summed E-state index contributed by atoms with van der Waals surface area (Å²) in [5.41, 5.74) is 6.79. The highest BCUT2D eigenvalue weighted by atomic mass is 35.5. The molecule has 1 N–H and O–H groups in total. The summed E-state index contributed by atoms with van der Waals surface area (Å²) in [6.07, 6.45) is 1.59. The lowest BCUT2D eigenvalue weighted by Crippen LogP contribution is -2.00. The number of fused-ring (bicyclic) bond motifs is 2. The Balaban J connectivity index is 1.48. The highest BCUT2D eigenvalue weighted by molar-refractivity contribution is 6.32. The number of rotatable bonds is 5. The Morgan fingerprint density at radius 2 is 1.73 bits per heavy atom. The summed E-state index contributed by atoms with van der Waals surface area (Å²) in [4.78, 5) is 13.7. The molecular weight excluding hydrogens is 457 g/mol. The van der Waals surface area contributed by atoms with Crippen molar-refractivity contribution in [2.45, 2.75) is 0 Å². The van der Waals surface area contributed by atoms with Crippen molar-refractivity contribution >= 4 is 57.2 Å². The van der Waals surface area contributed by atoms with Gasteiger partial charge in [-0.15, -0.1) is 0 Å². The number of hydrogen-bond donors (Lipinski definition) is 1. The van der Waals surface area contributed by atoms with E-state index in [4.69, 9.17) is 27.9 Å². The number of nitrogens with zero attached hydrogens (tertiary/aromatic N) is 4. The first-order valence-electron chi connectivity index (χ1n) is 10.1. The summed E-state index contributed by atoms with van der Waals surface area (Å²) in [6, 6.07) is 22.9. The Hall–Kier alpha value is -3.74. The maximum absolute atomic E-state index is 6.36. The van der Waals surface area contributed by atoms with Gasteiger partial charge >= 0.3 is 0 Å². The van der Waals surface area contributed by atoms with Gasteiger partial charge in [-0.3, -0.25) is 0 Å². The minimum atomic E-state index is 0.334. The van der Waals surface area contributed by atoms with E-state index in [9.17, 15) is 0 Å². The lowest BCUT2D eigenvalue weighted by Gasteiger charge is -2.09. The van der Waals surface area contributed by atoms with Crippen molar-refractivity contribution in [1.29, 1.82) is 0 Å². The Labute approximate surface area is 199 Å². The van der Waals surface area contributed by atoms with E-state index in [-0.39, 0.29) is 0 Å². The largest absolute Gasteiger partial charge is 0.497 e. The molecule has 0 bridgehead atoms. The molecule has 0 saturated heterocycles. The van der Waals surface area contributed by atoms with Gasteiger partial charge in [0, 0.05) is 33.0 Å². The number of aromatic nitrogens is 3. The number of hydrogen-bond acceptors (Lipinski definition) is 6. The second-order valence-electron chi connectivity index (χ2n) is 7.22. The van der Waals surface area contributed by atoms with Gasteiger partial charge in [0.1, 0.15) is 10.9 Å². The van der Waals surface area contributed by atoms with Crippen LogP contribution in [0.2, 0.25) is 10.2 Å². The fraction of sp³-hybridized carbons (Fsp3) is 0.0400. The molecule has 0 fully saturated rings. The molecule has 0 aliphatic carbocycles. The molecule has 8 heteroatoms. The second-order valence-corrected chi connectivity index (χ2v) is 8.01. The number of methoxy groups -OCH3 is 1. The molecule has 0 radical (unpaired) electrons. The van der Waals surface area contributed by atoms with Gasteiger partial charge in [-0.25, -0.2) is 20.4 Å². The Kier molecular flexibility index (Phi) is 5.77. The molecule has 0 amide bonds. The quantitative estimate of drug-likeness (QED) is 0.176. The first-order chi connectivity index (χ1) is 16.1. The molecule has 3 aromatic carbocycles. The predicted octanol–water partition coefficient (Wildman–Crippen LogP) is 6.61. The summed E-state index contributed by atoms with van der Waals surface area (Å²) < 4.78 is 5.24. The standard InChI is InChI=1S/C25H17Cl2N5O/c1-33-19-9-7-16-11-17(24(27)29-22(16)13-19)14-28-32-25-30-21-10-8-18(26)12-20(21)23(31-25)15-5-3-2-4-6-15/h2-14H,1H3,(H,30,31,32)/b28-14-. The first-order valence-corrected chi connectivity index (χ1v) is 10.8. The van der Waals surface area contributed by atoms with Crippen LogP contribution in [-0.2, 0) is 0 Å². The molecule has 5 aromatic rings. The van der Waals surface area contributed by atoms with Gasteiger partial charge in [0.25, 0.3) is 0 Å². The third kappa shape index (κ3) is 4.44. The molecule has 6 nitrogen and oxygen atoms in total. The smallest absolute Gasteiger partial charge is 0.244 e. The van der Waals surface area contributed by atoms with Crippen LogP contribution < -0.4 is 10.2 Å². The van der Waals surface area contributed by atoms with Crippen LogP contribution in [0.1, 0.15) is 5.56 Å². The summed E-state index contributed by atoms with van der Waals surface area (Å²) in [5.74, 6) is 1.08. The fourth-order valence-electron chi connectivity index (χ4n) is 3.48. The van der Waals surface area contributed by atoms with Gasteiger partial charge in [-0.05, 0) is 36.4 Å². The molecule has 0 spiro atoms. The summed E-state index contributed by atoms with van der Waals surface area (Å²) in [6.45, 7) is 0. The summed E-state index contributed by atoms with van der Waals surface area (Å²) in [5, 5.41) is 7.04. The van der Waals surface area contributed by atoms with Crippen LogP contribution in [0.25, 0.3) is 33.1 Å². The third-order valence-electron chi connectivity index (χ3n) is 5.08. The molecule has 2 aromatic heterocycles. The number of hydrazone groups is 1. The topological polar surface area (TPSA) is 72.3 Å². The lowest BCUT2D eigenvalue weighted by molar-refractivity contribution is 0.415. The normalized spacial score (nSPS) is 11.4. The van der Waals surface area contributed by atoms with E-state index in [2.05, 4.69) is 25.5 Å². The van der Waals surface area contributed by atoms with Crippen molar-refractivity contribution in [2.24, 2.45) is 5.10 Å². The Morgan fingerprint density at radius 3 is 2.55 bits per heavy atom. The first kappa shape index (κ1) is 21.1. The molecule has 0 aliphatic heterocycles. The van der Waals surface area contributed by atoms with Crippen LogP contribution in [0, 0.1) is 0 Å². The molecule has 33 heavy (non-hydrogen) atoms. The van der Waals surface area contributed by atoms with Gasteiger partial charge in [0.15, 0.2) is 0 Å². The highest BCUT2D eigenvalue weighted by Crippen LogP contribution is 2.29. The molecule has 162 valence electrons. The van der Waals surface area contributed by atoms with Crippen LogP contribution in [0.3, 0.4) is 0 Å². The van der Waals surface area contributed by atoms with Crippen molar-refractivity contribution in [1.82, 2.24) is 15.0 Å². The van der Waals surface area contributed by atoms with Crippen LogP contribution >= 0.6 is 23.2 Å². The number of nitrogens with one attached hydrogen (secondary N) is 1. The second kappa shape index (κ2) is 9.02. The predicted molar refractivity (Wildman–Crippen MR) is 135 cm³/mol. The van der Waals surface area contributed by atoms with Gasteiger partial charge in [-0.1, -0.05) is 53.5 Å². The zero-order valence-electron chi connectivity index (χ0n) is 17.5. The average Bonchev–Trinajstić information content (AvgIpc) is 2.84. The van der Waals surface area contributed by atoms with Gasteiger partial charge in [-0.2, -0.15) is 5.10 Å². The van der Waals surface area contributed by atoms with Crippen LogP contribution in [0.5, 0.6) is 5.75 Å². The summed E-state index contributed by atoms with van der Waals surface area (Å²) in [7, 11) is 1.61. The molecule has 0 aliphatic rings. The van der Waals surface area contributed by atoms with Crippen molar-refractivity contribution in [2.75, 3.05) is 12.5 Å². The molecule has 0 atom stereocenters. The number of ether oxygens (including phenoxy) is 1.